The first-order valence-corrected chi connectivity index (χ1v) is 5.84. The lowest BCUT2D eigenvalue weighted by Crippen LogP contribution is -2.34. The summed E-state index contributed by atoms with van der Waals surface area (Å²) in [5.74, 6) is 0.156. The lowest BCUT2D eigenvalue weighted by atomic mass is 9.93. The Morgan fingerprint density at radius 3 is 3.07 bits per heavy atom. The second-order valence-corrected chi connectivity index (χ2v) is 4.79. The van der Waals surface area contributed by atoms with E-state index in [1.165, 1.54) is 0 Å². The molecule has 0 aromatic carbocycles. The van der Waals surface area contributed by atoms with E-state index in [-0.39, 0.29) is 17.5 Å². The molecule has 0 spiro atoms. The summed E-state index contributed by atoms with van der Waals surface area (Å²) in [7, 11) is 0. The molecule has 0 fully saturated rings. The van der Waals surface area contributed by atoms with Gasteiger partial charge in [0.05, 0.1) is 0 Å². The van der Waals surface area contributed by atoms with Crippen molar-refractivity contribution in [3.8, 4) is 0 Å². The van der Waals surface area contributed by atoms with Crippen molar-refractivity contribution in [3.05, 3.63) is 23.8 Å². The third kappa shape index (κ3) is 4.37. The topological polar surface area (TPSA) is 38.4 Å². The van der Waals surface area contributed by atoms with Crippen molar-refractivity contribution >= 4 is 29.4 Å². The van der Waals surface area contributed by atoms with Gasteiger partial charge in [0.2, 0.25) is 0 Å². The van der Waals surface area contributed by atoms with Crippen LogP contribution in [-0.4, -0.2) is 17.8 Å². The van der Waals surface area contributed by atoms with Gasteiger partial charge >= 0.3 is 0 Å². The van der Waals surface area contributed by atoms with Crippen LogP contribution in [0, 0.1) is 5.92 Å². The van der Waals surface area contributed by atoms with Crippen molar-refractivity contribution in [1.29, 1.82) is 0 Å². The Kier molecular flexibility index (Phi) is 5.37. The summed E-state index contributed by atoms with van der Waals surface area (Å²) in [6, 6.07) is 0. The van der Waals surface area contributed by atoms with E-state index in [1.807, 2.05) is 6.08 Å². The largest absolute Gasteiger partial charge is 0.309 e. The molecule has 0 saturated heterocycles. The minimum Gasteiger partial charge on any atom is -0.309 e. The minimum absolute atomic E-state index is 0.0892. The molecule has 1 heterocycles. The van der Waals surface area contributed by atoms with E-state index in [0.29, 0.717) is 11.5 Å². The van der Waals surface area contributed by atoms with Crippen LogP contribution < -0.4 is 5.73 Å². The second-order valence-electron chi connectivity index (χ2n) is 3.70. The molecule has 1 rings (SSSR count). The maximum atomic E-state index is 6.25. The van der Waals surface area contributed by atoms with Gasteiger partial charge in [-0.05, 0) is 25.3 Å². The van der Waals surface area contributed by atoms with Crippen molar-refractivity contribution in [2.45, 2.75) is 30.8 Å². The highest BCUT2D eigenvalue weighted by molar-refractivity contribution is 6.30. The predicted octanol–water partition coefficient (Wildman–Crippen LogP) is 3.06. The molecule has 0 radical (unpaired) electrons. The van der Waals surface area contributed by atoms with Gasteiger partial charge in [0.1, 0.15) is 6.17 Å². The van der Waals surface area contributed by atoms with Gasteiger partial charge in [-0.15, -0.1) is 11.6 Å². The predicted molar refractivity (Wildman–Crippen MR) is 67.6 cm³/mol. The molecule has 2 nitrogen and oxygen atoms in total. The summed E-state index contributed by atoms with van der Waals surface area (Å²) in [4.78, 5) is 4.20. The highest BCUT2D eigenvalue weighted by Gasteiger charge is 2.25. The summed E-state index contributed by atoms with van der Waals surface area (Å²) in [5, 5.41) is 0.484. The van der Waals surface area contributed by atoms with Gasteiger partial charge in [0.25, 0.3) is 0 Å². The highest BCUT2D eigenvalue weighted by Crippen LogP contribution is 2.27. The minimum atomic E-state index is -0.242. The van der Waals surface area contributed by atoms with Gasteiger partial charge in [-0.1, -0.05) is 24.3 Å². The van der Waals surface area contributed by atoms with Crippen molar-refractivity contribution in [3.63, 3.8) is 0 Å². The standard InChI is InChI=1S/C11H16Cl2N2/c1-8(12)7-10(13)9-5-3-2-4-6-15-11(9)14/h2,4,6,9-11H,1,3,5,7,14H2/t9-,10-,11?/m1/s1. The Morgan fingerprint density at radius 1 is 1.67 bits per heavy atom. The molecule has 1 unspecified atom stereocenters. The average Bonchev–Trinajstić information content (AvgIpc) is 2.10. The van der Waals surface area contributed by atoms with E-state index in [9.17, 15) is 0 Å². The monoisotopic (exact) mass is 246 g/mol. The van der Waals surface area contributed by atoms with Crippen LogP contribution in [0.1, 0.15) is 19.3 Å². The number of rotatable bonds is 3. The van der Waals surface area contributed by atoms with E-state index < -0.39 is 0 Å². The van der Waals surface area contributed by atoms with Crippen LogP contribution >= 0.6 is 23.2 Å². The van der Waals surface area contributed by atoms with Gasteiger partial charge in [0, 0.05) is 22.5 Å². The number of nitrogens with two attached hydrogens (primary N) is 1. The Morgan fingerprint density at radius 2 is 2.40 bits per heavy atom. The number of aliphatic imine (C=N–C) groups is 1. The Balaban J connectivity index is 2.62. The molecule has 3 atom stereocenters. The fraction of sp³-hybridized carbons (Fsp3) is 0.545. The summed E-state index contributed by atoms with van der Waals surface area (Å²) in [6.07, 6.45) is 7.97. The van der Waals surface area contributed by atoms with Gasteiger partial charge in [-0.3, -0.25) is 4.99 Å². The number of nitrogens with zero attached hydrogens (tertiary/aromatic N) is 1. The molecule has 1 aliphatic heterocycles. The number of halogens is 2. The Hall–Kier alpha value is -0.310. The number of hydrogen-bond acceptors (Lipinski definition) is 2. The Bertz CT molecular complexity index is 274. The van der Waals surface area contributed by atoms with E-state index in [0.717, 1.165) is 12.8 Å². The summed E-state index contributed by atoms with van der Waals surface area (Å²) in [5.41, 5.74) is 5.94. The van der Waals surface area contributed by atoms with E-state index >= 15 is 0 Å². The SMILES string of the molecule is C=C(Cl)C[C@@H](Cl)[C@H]1CCC=CC=NC1N. The molecule has 4 heteroatoms. The van der Waals surface area contributed by atoms with Crippen LogP contribution in [0.15, 0.2) is 28.8 Å². The maximum absolute atomic E-state index is 6.25. The number of hydrogen-bond donors (Lipinski definition) is 1. The first-order valence-electron chi connectivity index (χ1n) is 5.02. The molecule has 15 heavy (non-hydrogen) atoms. The van der Waals surface area contributed by atoms with E-state index in [2.05, 4.69) is 17.6 Å². The van der Waals surface area contributed by atoms with Crippen LogP contribution in [0.3, 0.4) is 0 Å². The summed E-state index contributed by atoms with van der Waals surface area (Å²) in [6.45, 7) is 3.64. The lowest BCUT2D eigenvalue weighted by molar-refractivity contribution is 0.387. The summed E-state index contributed by atoms with van der Waals surface area (Å²) < 4.78 is 0. The van der Waals surface area contributed by atoms with Crippen LogP contribution in [0.2, 0.25) is 0 Å². The second kappa shape index (κ2) is 6.31. The fourth-order valence-corrected chi connectivity index (χ4v) is 2.34. The molecular weight excluding hydrogens is 231 g/mol. The van der Waals surface area contributed by atoms with Crippen molar-refractivity contribution < 1.29 is 0 Å². The zero-order valence-corrected chi connectivity index (χ0v) is 10.1. The van der Waals surface area contributed by atoms with Crippen molar-refractivity contribution in [2.75, 3.05) is 0 Å². The fourth-order valence-electron chi connectivity index (χ4n) is 1.63. The third-order valence-electron chi connectivity index (χ3n) is 2.47. The quantitative estimate of drug-likeness (QED) is 0.765. The average molecular weight is 247 g/mol. The molecule has 0 saturated carbocycles. The zero-order valence-electron chi connectivity index (χ0n) is 8.57. The molecule has 1 aliphatic rings. The molecular formula is C11H16Cl2N2. The first kappa shape index (κ1) is 12.8. The Labute approximate surface area is 101 Å². The number of alkyl halides is 1. The maximum Gasteiger partial charge on any atom is 0.101 e. The van der Waals surface area contributed by atoms with Gasteiger partial charge in [-0.25, -0.2) is 0 Å². The first-order chi connectivity index (χ1) is 7.11. The van der Waals surface area contributed by atoms with Gasteiger partial charge in [-0.2, -0.15) is 0 Å². The molecule has 0 aromatic heterocycles. The molecule has 84 valence electrons. The summed E-state index contributed by atoms with van der Waals surface area (Å²) >= 11 is 12.0. The van der Waals surface area contributed by atoms with Gasteiger partial charge < -0.3 is 5.73 Å². The smallest absolute Gasteiger partial charge is 0.101 e. The highest BCUT2D eigenvalue weighted by atomic mass is 35.5. The van der Waals surface area contributed by atoms with Gasteiger partial charge in [0.15, 0.2) is 0 Å². The van der Waals surface area contributed by atoms with Crippen LogP contribution in [0.5, 0.6) is 0 Å². The van der Waals surface area contributed by atoms with Crippen molar-refractivity contribution in [2.24, 2.45) is 16.6 Å². The molecule has 0 bridgehead atoms. The van der Waals surface area contributed by atoms with Crippen LogP contribution in [0.4, 0.5) is 0 Å². The zero-order chi connectivity index (χ0) is 11.3. The van der Waals surface area contributed by atoms with Crippen molar-refractivity contribution in [1.82, 2.24) is 0 Å². The molecule has 0 aliphatic carbocycles. The molecule has 0 aromatic rings. The van der Waals surface area contributed by atoms with E-state index in [4.69, 9.17) is 28.9 Å². The normalized spacial score (nSPS) is 28.2. The molecule has 2 N–H and O–H groups in total. The lowest BCUT2D eigenvalue weighted by Gasteiger charge is -2.25. The van der Waals surface area contributed by atoms with Crippen LogP contribution in [-0.2, 0) is 0 Å². The van der Waals surface area contributed by atoms with E-state index in [1.54, 1.807) is 6.21 Å². The van der Waals surface area contributed by atoms with Crippen LogP contribution in [0.25, 0.3) is 0 Å². The third-order valence-corrected chi connectivity index (χ3v) is 3.10. The number of allylic oxidation sites excluding steroid dienone is 3. The molecule has 0 amide bonds.